The van der Waals surface area contributed by atoms with Gasteiger partial charge in [0.15, 0.2) is 9.84 Å². The number of rotatable bonds is 5. The third-order valence-corrected chi connectivity index (χ3v) is 4.02. The van der Waals surface area contributed by atoms with Crippen LogP contribution in [0.4, 0.5) is 0 Å². The molecule has 6 nitrogen and oxygen atoms in total. The van der Waals surface area contributed by atoms with Crippen molar-refractivity contribution in [3.8, 4) is 11.8 Å². The number of ether oxygens (including phenoxy) is 1. The number of nitrogens with one attached hydrogen (secondary N) is 1. The molecule has 0 radical (unpaired) electrons. The Hall–Kier alpha value is -1.99. The van der Waals surface area contributed by atoms with Gasteiger partial charge < -0.3 is 10.1 Å². The maximum atomic E-state index is 11.4. The van der Waals surface area contributed by atoms with Crippen LogP contribution >= 0.6 is 0 Å². The fourth-order valence-corrected chi connectivity index (χ4v) is 2.37. The molecule has 0 unspecified atom stereocenters. The maximum Gasteiger partial charge on any atom is 0.322 e. The number of nitrogens with zero attached hydrogens (tertiary/aromatic N) is 2. The van der Waals surface area contributed by atoms with Gasteiger partial charge in [0.05, 0.1) is 4.90 Å². The van der Waals surface area contributed by atoms with Gasteiger partial charge in [-0.3, -0.25) is 0 Å². The summed E-state index contributed by atoms with van der Waals surface area (Å²) in [6, 6.07) is 6.38. The molecule has 1 aromatic heterocycles. The lowest BCUT2D eigenvalue weighted by Gasteiger charge is -2.08. The molecule has 21 heavy (non-hydrogen) atoms. The molecule has 0 atom stereocenters. The zero-order valence-corrected chi connectivity index (χ0v) is 12.9. The average Bonchev–Trinajstić information content (AvgIpc) is 2.42. The number of sulfone groups is 1. The third kappa shape index (κ3) is 3.99. The molecule has 2 rings (SSSR count). The molecule has 0 aliphatic rings. The van der Waals surface area contributed by atoms with Crippen molar-refractivity contribution in [1.82, 2.24) is 15.3 Å². The van der Waals surface area contributed by atoms with Crippen molar-refractivity contribution in [2.24, 2.45) is 0 Å². The zero-order chi connectivity index (χ0) is 15.5. The van der Waals surface area contributed by atoms with E-state index in [1.165, 1.54) is 12.1 Å². The van der Waals surface area contributed by atoms with E-state index in [2.05, 4.69) is 15.3 Å². The van der Waals surface area contributed by atoms with E-state index in [0.29, 0.717) is 12.3 Å². The van der Waals surface area contributed by atoms with Crippen molar-refractivity contribution < 1.29 is 13.2 Å². The van der Waals surface area contributed by atoms with Gasteiger partial charge in [0.25, 0.3) is 0 Å². The van der Waals surface area contributed by atoms with E-state index in [1.807, 2.05) is 14.0 Å². The summed E-state index contributed by atoms with van der Waals surface area (Å²) < 4.78 is 28.3. The van der Waals surface area contributed by atoms with Crippen LogP contribution in [-0.4, -0.2) is 31.7 Å². The van der Waals surface area contributed by atoms with Crippen LogP contribution in [0.25, 0.3) is 0 Å². The first-order valence-electron chi connectivity index (χ1n) is 6.35. The highest BCUT2D eigenvalue weighted by Gasteiger charge is 2.08. The fraction of sp³-hybridized carbons (Fsp3) is 0.286. The highest BCUT2D eigenvalue weighted by atomic mass is 32.2. The van der Waals surface area contributed by atoms with E-state index in [-0.39, 0.29) is 10.9 Å². The first kappa shape index (κ1) is 15.4. The van der Waals surface area contributed by atoms with Crippen LogP contribution in [0.15, 0.2) is 35.4 Å². The quantitative estimate of drug-likeness (QED) is 0.905. The molecule has 0 saturated carbocycles. The molecule has 1 N–H and O–H groups in total. The van der Waals surface area contributed by atoms with Crippen LogP contribution in [0, 0.1) is 6.92 Å². The van der Waals surface area contributed by atoms with E-state index in [4.69, 9.17) is 4.74 Å². The normalized spacial score (nSPS) is 11.4. The second kappa shape index (κ2) is 6.19. The maximum absolute atomic E-state index is 11.4. The SMILES string of the molecule is CNCc1cnc(Oc2ccc(S(C)(=O)=O)cc2)nc1C. The Bertz CT molecular complexity index is 728. The van der Waals surface area contributed by atoms with Crippen LogP contribution < -0.4 is 10.1 Å². The fourth-order valence-electron chi connectivity index (χ4n) is 1.74. The molecule has 0 amide bonds. The molecular weight excluding hydrogens is 290 g/mol. The number of hydrogen-bond acceptors (Lipinski definition) is 6. The van der Waals surface area contributed by atoms with Gasteiger partial charge in [0, 0.05) is 30.3 Å². The predicted molar refractivity (Wildman–Crippen MR) is 79.2 cm³/mol. The van der Waals surface area contributed by atoms with Crippen LogP contribution in [-0.2, 0) is 16.4 Å². The molecule has 0 fully saturated rings. The van der Waals surface area contributed by atoms with Gasteiger partial charge in [-0.05, 0) is 38.2 Å². The molecule has 2 aromatic rings. The first-order chi connectivity index (χ1) is 9.90. The van der Waals surface area contributed by atoms with Gasteiger partial charge in [-0.1, -0.05) is 0 Å². The predicted octanol–water partition coefficient (Wildman–Crippen LogP) is 1.70. The van der Waals surface area contributed by atoms with E-state index in [9.17, 15) is 8.42 Å². The van der Waals surface area contributed by atoms with Crippen molar-refractivity contribution in [1.29, 1.82) is 0 Å². The lowest BCUT2D eigenvalue weighted by molar-refractivity contribution is 0.439. The van der Waals surface area contributed by atoms with Gasteiger partial charge in [0.1, 0.15) is 5.75 Å². The summed E-state index contributed by atoms with van der Waals surface area (Å²) >= 11 is 0. The van der Waals surface area contributed by atoms with E-state index < -0.39 is 9.84 Å². The van der Waals surface area contributed by atoms with Crippen LogP contribution in [0.3, 0.4) is 0 Å². The van der Waals surface area contributed by atoms with Crippen LogP contribution in [0.5, 0.6) is 11.8 Å². The Morgan fingerprint density at radius 1 is 1.24 bits per heavy atom. The lowest BCUT2D eigenvalue weighted by Crippen LogP contribution is -2.08. The van der Waals surface area contributed by atoms with Gasteiger partial charge >= 0.3 is 6.01 Å². The van der Waals surface area contributed by atoms with Crippen molar-refractivity contribution in [3.05, 3.63) is 41.7 Å². The highest BCUT2D eigenvalue weighted by molar-refractivity contribution is 7.90. The largest absolute Gasteiger partial charge is 0.424 e. The summed E-state index contributed by atoms with van der Waals surface area (Å²) in [4.78, 5) is 8.65. The molecule has 0 bridgehead atoms. The topological polar surface area (TPSA) is 81.2 Å². The second-order valence-corrected chi connectivity index (χ2v) is 6.65. The first-order valence-corrected chi connectivity index (χ1v) is 8.24. The van der Waals surface area contributed by atoms with Crippen LogP contribution in [0.1, 0.15) is 11.3 Å². The summed E-state index contributed by atoms with van der Waals surface area (Å²) in [5, 5.41) is 3.04. The van der Waals surface area contributed by atoms with E-state index in [0.717, 1.165) is 17.5 Å². The second-order valence-electron chi connectivity index (χ2n) is 4.64. The Morgan fingerprint density at radius 2 is 1.90 bits per heavy atom. The summed E-state index contributed by atoms with van der Waals surface area (Å²) in [5.74, 6) is 0.489. The molecular formula is C14H17N3O3S. The number of aryl methyl sites for hydroxylation is 1. The van der Waals surface area contributed by atoms with Gasteiger partial charge in [-0.2, -0.15) is 4.98 Å². The third-order valence-electron chi connectivity index (χ3n) is 2.89. The molecule has 0 aliphatic carbocycles. The van der Waals surface area contributed by atoms with E-state index >= 15 is 0 Å². The summed E-state index contributed by atoms with van der Waals surface area (Å²) in [5.41, 5.74) is 1.83. The Labute approximate surface area is 124 Å². The molecule has 1 aromatic carbocycles. The van der Waals surface area contributed by atoms with Crippen molar-refractivity contribution >= 4 is 9.84 Å². The number of hydrogen-bond donors (Lipinski definition) is 1. The minimum Gasteiger partial charge on any atom is -0.424 e. The van der Waals surface area contributed by atoms with Crippen molar-refractivity contribution in [3.63, 3.8) is 0 Å². The average molecular weight is 307 g/mol. The zero-order valence-electron chi connectivity index (χ0n) is 12.1. The minimum atomic E-state index is -3.20. The van der Waals surface area contributed by atoms with Gasteiger partial charge in [-0.15, -0.1) is 0 Å². The Kier molecular flexibility index (Phi) is 4.54. The highest BCUT2D eigenvalue weighted by Crippen LogP contribution is 2.20. The molecule has 112 valence electrons. The number of benzene rings is 1. The molecule has 0 saturated heterocycles. The minimum absolute atomic E-state index is 0.236. The smallest absolute Gasteiger partial charge is 0.322 e. The van der Waals surface area contributed by atoms with Gasteiger partial charge in [0.2, 0.25) is 0 Å². The van der Waals surface area contributed by atoms with Crippen molar-refractivity contribution in [2.45, 2.75) is 18.4 Å². The summed E-state index contributed by atoms with van der Waals surface area (Å²) in [6.07, 6.45) is 2.87. The monoisotopic (exact) mass is 307 g/mol. The molecule has 1 heterocycles. The van der Waals surface area contributed by atoms with Crippen molar-refractivity contribution in [2.75, 3.05) is 13.3 Å². The molecule has 0 spiro atoms. The summed E-state index contributed by atoms with van der Waals surface area (Å²) in [7, 11) is -1.35. The van der Waals surface area contributed by atoms with Crippen LogP contribution in [0.2, 0.25) is 0 Å². The van der Waals surface area contributed by atoms with Gasteiger partial charge in [-0.25, -0.2) is 13.4 Å². The Morgan fingerprint density at radius 3 is 2.43 bits per heavy atom. The Balaban J connectivity index is 2.17. The molecule has 7 heteroatoms. The lowest BCUT2D eigenvalue weighted by atomic mass is 10.2. The van der Waals surface area contributed by atoms with E-state index in [1.54, 1.807) is 18.3 Å². The standard InChI is InChI=1S/C14H17N3O3S/c1-10-11(8-15-2)9-16-14(17-10)20-12-4-6-13(7-5-12)21(3,18)19/h4-7,9,15H,8H2,1-3H3. The summed E-state index contributed by atoms with van der Waals surface area (Å²) in [6.45, 7) is 2.57. The molecule has 0 aliphatic heterocycles. The number of aromatic nitrogens is 2.